The lowest BCUT2D eigenvalue weighted by molar-refractivity contribution is -0.121. The van der Waals surface area contributed by atoms with Crippen LogP contribution < -0.4 is 4.74 Å². The van der Waals surface area contributed by atoms with E-state index in [0.717, 1.165) is 0 Å². The van der Waals surface area contributed by atoms with E-state index in [-0.39, 0.29) is 5.95 Å². The average Bonchev–Trinajstić information content (AvgIpc) is 2.76. The van der Waals surface area contributed by atoms with Crippen LogP contribution in [0.25, 0.3) is 0 Å². The molecule has 0 aromatic carbocycles. The van der Waals surface area contributed by atoms with Gasteiger partial charge in [0, 0.05) is 6.07 Å². The summed E-state index contributed by atoms with van der Waals surface area (Å²) >= 11 is 0. The van der Waals surface area contributed by atoms with Crippen molar-refractivity contribution < 1.29 is 18.4 Å². The summed E-state index contributed by atoms with van der Waals surface area (Å²) in [5.41, 5.74) is 1.59. The summed E-state index contributed by atoms with van der Waals surface area (Å²) in [4.78, 5) is 10.3. The summed E-state index contributed by atoms with van der Waals surface area (Å²) in [7, 11) is -1.89. The molecule has 1 aromatic rings. The van der Waals surface area contributed by atoms with Gasteiger partial charge >= 0.3 is 6.47 Å². The largest absolute Gasteiger partial charge is 0.428 e. The van der Waals surface area contributed by atoms with E-state index in [0.29, 0.717) is 35.5 Å². The highest BCUT2D eigenvalue weighted by atomic mass is 28.4. The zero-order chi connectivity index (χ0) is 15.3. The minimum absolute atomic E-state index is 0.213. The van der Waals surface area contributed by atoms with Gasteiger partial charge in [0.2, 0.25) is 8.32 Å². The van der Waals surface area contributed by atoms with E-state index < -0.39 is 8.32 Å². The van der Waals surface area contributed by atoms with Gasteiger partial charge in [-0.05, 0) is 22.7 Å². The molecule has 0 bridgehead atoms. The fraction of sp³-hybridized carbons (Fsp3) is 0.667. The van der Waals surface area contributed by atoms with Gasteiger partial charge in [-0.1, -0.05) is 41.5 Å². The van der Waals surface area contributed by atoms with Crippen molar-refractivity contribution in [3.8, 4) is 5.95 Å². The third kappa shape index (κ3) is 3.52. The second-order valence-electron chi connectivity index (χ2n) is 6.04. The van der Waals surface area contributed by atoms with Gasteiger partial charge in [0.1, 0.15) is 5.76 Å². The first-order chi connectivity index (χ1) is 9.34. The molecule has 1 heterocycles. The summed E-state index contributed by atoms with van der Waals surface area (Å²) in [6.45, 7) is 14.3. The fourth-order valence-electron chi connectivity index (χ4n) is 3.24. The van der Waals surface area contributed by atoms with Crippen LogP contribution >= 0.6 is 0 Å². The van der Waals surface area contributed by atoms with E-state index in [1.54, 1.807) is 12.1 Å². The van der Waals surface area contributed by atoms with E-state index in [1.807, 2.05) is 0 Å². The molecule has 0 fully saturated rings. The molecule has 5 heteroatoms. The fourth-order valence-corrected chi connectivity index (χ4v) is 8.63. The Morgan fingerprint density at radius 3 is 2.10 bits per heavy atom. The van der Waals surface area contributed by atoms with Crippen LogP contribution in [0.1, 0.15) is 47.3 Å². The van der Waals surface area contributed by atoms with Gasteiger partial charge in [-0.3, -0.25) is 4.79 Å². The molecule has 0 aliphatic carbocycles. The van der Waals surface area contributed by atoms with E-state index in [1.165, 1.54) is 0 Å². The second-order valence-corrected chi connectivity index (χ2v) is 11.5. The van der Waals surface area contributed by atoms with E-state index in [9.17, 15) is 4.79 Å². The monoisotopic (exact) mass is 298 g/mol. The molecule has 0 radical (unpaired) electrons. The van der Waals surface area contributed by atoms with Gasteiger partial charge in [0.05, 0.1) is 6.61 Å². The molecule has 0 aliphatic heterocycles. The van der Waals surface area contributed by atoms with E-state index in [2.05, 4.69) is 46.3 Å². The Bertz CT molecular complexity index is 401. The molecule has 0 saturated heterocycles. The standard InChI is InChI=1S/C15H26O4Si/c1-11(2)20(12(3)4,13(5)6)18-9-14-7-8-15(19-14)17-10-16/h7-8,10-13H,9H2,1-6H3. The third-order valence-corrected chi connectivity index (χ3v) is 10.0. The molecule has 0 saturated carbocycles. The SMILES string of the molecule is CC(C)[Si](OCc1ccc(OC=O)o1)(C(C)C)C(C)C. The first-order valence-corrected chi connectivity index (χ1v) is 9.31. The lowest BCUT2D eigenvalue weighted by atomic mass is 10.5. The van der Waals surface area contributed by atoms with Crippen LogP contribution in [-0.4, -0.2) is 14.8 Å². The number of furan rings is 1. The number of hydrogen-bond acceptors (Lipinski definition) is 4. The average molecular weight is 298 g/mol. The minimum atomic E-state index is -1.89. The molecule has 20 heavy (non-hydrogen) atoms. The van der Waals surface area contributed by atoms with Crippen molar-refractivity contribution in [1.82, 2.24) is 0 Å². The smallest absolute Gasteiger partial charge is 0.300 e. The molecule has 1 rings (SSSR count). The van der Waals surface area contributed by atoms with Crippen LogP contribution in [0, 0.1) is 0 Å². The zero-order valence-corrected chi connectivity index (χ0v) is 14.3. The summed E-state index contributed by atoms with van der Waals surface area (Å²) < 4.78 is 16.5. The number of ether oxygens (including phenoxy) is 1. The molecule has 4 nitrogen and oxygen atoms in total. The topological polar surface area (TPSA) is 48.7 Å². The first-order valence-electron chi connectivity index (χ1n) is 7.17. The van der Waals surface area contributed by atoms with Crippen molar-refractivity contribution in [3.63, 3.8) is 0 Å². The Kier molecular flexibility index (Phi) is 6.01. The van der Waals surface area contributed by atoms with Crippen LogP contribution in [0.4, 0.5) is 0 Å². The molecule has 1 aromatic heterocycles. The number of hydrogen-bond donors (Lipinski definition) is 0. The number of carbonyl (C=O) groups excluding carboxylic acids is 1. The van der Waals surface area contributed by atoms with Crippen molar-refractivity contribution in [2.45, 2.75) is 64.8 Å². The van der Waals surface area contributed by atoms with Crippen molar-refractivity contribution >= 4 is 14.8 Å². The number of rotatable bonds is 8. The second kappa shape index (κ2) is 7.08. The Balaban J connectivity index is 2.82. The molecular formula is C15H26O4Si. The van der Waals surface area contributed by atoms with Crippen LogP contribution in [0.5, 0.6) is 5.95 Å². The maximum absolute atomic E-state index is 10.3. The summed E-state index contributed by atoms with van der Waals surface area (Å²) in [6.07, 6.45) is 0. The number of carbonyl (C=O) groups is 1. The highest BCUT2D eigenvalue weighted by molar-refractivity contribution is 6.77. The van der Waals surface area contributed by atoms with Gasteiger partial charge in [0.15, 0.2) is 0 Å². The highest BCUT2D eigenvalue weighted by Gasteiger charge is 2.45. The van der Waals surface area contributed by atoms with Crippen molar-refractivity contribution in [2.75, 3.05) is 0 Å². The van der Waals surface area contributed by atoms with Gasteiger partial charge in [0.25, 0.3) is 5.95 Å². The first kappa shape index (κ1) is 17.0. The van der Waals surface area contributed by atoms with Crippen LogP contribution in [-0.2, 0) is 15.8 Å². The lowest BCUT2D eigenvalue weighted by Crippen LogP contribution is -2.47. The Labute approximate surface area is 122 Å². The Morgan fingerprint density at radius 2 is 1.65 bits per heavy atom. The van der Waals surface area contributed by atoms with Crippen LogP contribution in [0.15, 0.2) is 16.5 Å². The molecule has 0 N–H and O–H groups in total. The van der Waals surface area contributed by atoms with E-state index >= 15 is 0 Å². The van der Waals surface area contributed by atoms with Gasteiger partial charge in [-0.25, -0.2) is 0 Å². The third-order valence-electron chi connectivity index (χ3n) is 3.97. The molecule has 114 valence electrons. The summed E-state index contributed by atoms with van der Waals surface area (Å²) in [5, 5.41) is 0. The minimum Gasteiger partial charge on any atom is -0.428 e. The van der Waals surface area contributed by atoms with Crippen molar-refractivity contribution in [2.24, 2.45) is 0 Å². The maximum atomic E-state index is 10.3. The van der Waals surface area contributed by atoms with Gasteiger partial charge < -0.3 is 13.6 Å². The van der Waals surface area contributed by atoms with Gasteiger partial charge in [-0.15, -0.1) is 0 Å². The van der Waals surface area contributed by atoms with Crippen molar-refractivity contribution in [1.29, 1.82) is 0 Å². The Morgan fingerprint density at radius 1 is 1.10 bits per heavy atom. The Hall–Kier alpha value is -1.07. The predicted octanol–water partition coefficient (Wildman–Crippen LogP) is 4.51. The molecule has 0 amide bonds. The normalized spacial score (nSPS) is 12.4. The van der Waals surface area contributed by atoms with E-state index in [4.69, 9.17) is 8.84 Å². The lowest BCUT2D eigenvalue weighted by Gasteiger charge is -2.41. The molecule has 0 spiro atoms. The molecule has 0 unspecified atom stereocenters. The molecular weight excluding hydrogens is 272 g/mol. The van der Waals surface area contributed by atoms with Gasteiger partial charge in [-0.2, -0.15) is 0 Å². The van der Waals surface area contributed by atoms with Crippen LogP contribution in [0.2, 0.25) is 16.6 Å². The van der Waals surface area contributed by atoms with Crippen LogP contribution in [0.3, 0.4) is 0 Å². The molecule has 0 aliphatic rings. The quantitative estimate of drug-likeness (QED) is 0.523. The summed E-state index contributed by atoms with van der Waals surface area (Å²) in [6, 6.07) is 3.43. The molecule has 0 atom stereocenters. The maximum Gasteiger partial charge on any atom is 0.300 e. The van der Waals surface area contributed by atoms with Crippen molar-refractivity contribution in [3.05, 3.63) is 17.9 Å². The summed E-state index contributed by atoms with van der Waals surface area (Å²) in [5.74, 6) is 0.908. The zero-order valence-electron chi connectivity index (χ0n) is 13.3. The highest BCUT2D eigenvalue weighted by Crippen LogP contribution is 2.42. The predicted molar refractivity (Wildman–Crippen MR) is 81.2 cm³/mol.